The van der Waals surface area contributed by atoms with Gasteiger partial charge in [-0.25, -0.2) is 0 Å². The number of carbonyl (C=O) groups excluding carboxylic acids is 1. The highest BCUT2D eigenvalue weighted by atomic mass is 127. The third-order valence-corrected chi connectivity index (χ3v) is 3.91. The topological polar surface area (TPSA) is 29.1 Å². The van der Waals surface area contributed by atoms with Crippen LogP contribution in [0.25, 0.3) is 0 Å². The number of rotatable bonds is 4. The van der Waals surface area contributed by atoms with Crippen molar-refractivity contribution in [3.8, 4) is 0 Å². The van der Waals surface area contributed by atoms with Crippen molar-refractivity contribution < 1.29 is 4.79 Å². The molecule has 0 aliphatic rings. The molecule has 4 heteroatoms. The second-order valence-corrected chi connectivity index (χ2v) is 5.97. The van der Waals surface area contributed by atoms with Gasteiger partial charge >= 0.3 is 0 Å². The number of ketones is 1. The lowest BCUT2D eigenvalue weighted by molar-refractivity contribution is 0.104. The number of hydrogen-bond acceptors (Lipinski definition) is 2. The lowest BCUT2D eigenvalue weighted by Gasteiger charge is -2.03. The minimum Gasteiger partial charge on any atom is -0.362 e. The van der Waals surface area contributed by atoms with Crippen molar-refractivity contribution in [2.75, 3.05) is 5.32 Å². The van der Waals surface area contributed by atoms with Crippen LogP contribution < -0.4 is 5.32 Å². The van der Waals surface area contributed by atoms with Gasteiger partial charge in [0.15, 0.2) is 5.78 Å². The van der Waals surface area contributed by atoms with Gasteiger partial charge in [-0.3, -0.25) is 4.79 Å². The van der Waals surface area contributed by atoms with E-state index < -0.39 is 0 Å². The van der Waals surface area contributed by atoms with Gasteiger partial charge in [0.25, 0.3) is 0 Å². The van der Waals surface area contributed by atoms with Gasteiger partial charge in [0.05, 0.1) is 0 Å². The summed E-state index contributed by atoms with van der Waals surface area (Å²) in [5, 5.41) is 3.74. The van der Waals surface area contributed by atoms with E-state index in [1.165, 1.54) is 6.08 Å². The first-order valence-electron chi connectivity index (χ1n) is 6.05. The molecule has 0 fully saturated rings. The van der Waals surface area contributed by atoms with Gasteiger partial charge in [0, 0.05) is 32.1 Å². The zero-order valence-electron chi connectivity index (χ0n) is 10.9. The predicted molar refractivity (Wildman–Crippen MR) is 92.4 cm³/mol. The Bertz CT molecular complexity index is 650. The summed E-state index contributed by atoms with van der Waals surface area (Å²) in [7, 11) is 0. The number of nitrogens with one attached hydrogen (secondary N) is 1. The molecule has 1 N–H and O–H groups in total. The Balaban J connectivity index is 2.00. The average Bonchev–Trinajstić information content (AvgIpc) is 2.43. The molecule has 102 valence electrons. The Labute approximate surface area is 137 Å². The highest BCUT2D eigenvalue weighted by molar-refractivity contribution is 14.1. The van der Waals surface area contributed by atoms with Crippen LogP contribution in [0.3, 0.4) is 0 Å². The first-order chi connectivity index (χ1) is 9.56. The molecule has 0 radical (unpaired) electrons. The zero-order chi connectivity index (χ0) is 14.5. The van der Waals surface area contributed by atoms with E-state index in [4.69, 9.17) is 11.6 Å². The van der Waals surface area contributed by atoms with Crippen LogP contribution in [0, 0.1) is 10.5 Å². The summed E-state index contributed by atoms with van der Waals surface area (Å²) in [5.41, 5.74) is 2.55. The lowest BCUT2D eigenvalue weighted by Crippen LogP contribution is -1.96. The fourth-order valence-electron chi connectivity index (χ4n) is 1.61. The highest BCUT2D eigenvalue weighted by Crippen LogP contribution is 2.19. The van der Waals surface area contributed by atoms with Gasteiger partial charge in [-0.15, -0.1) is 0 Å². The summed E-state index contributed by atoms with van der Waals surface area (Å²) in [4.78, 5) is 11.9. The van der Waals surface area contributed by atoms with Crippen LogP contribution in [-0.2, 0) is 0 Å². The monoisotopic (exact) mass is 397 g/mol. The summed E-state index contributed by atoms with van der Waals surface area (Å²) >= 11 is 8.24. The van der Waals surface area contributed by atoms with E-state index in [1.807, 2.05) is 49.4 Å². The summed E-state index contributed by atoms with van der Waals surface area (Å²) in [6, 6.07) is 13.1. The molecule has 0 bridgehead atoms. The smallest absolute Gasteiger partial charge is 0.187 e. The molecule has 0 amide bonds. The molecule has 2 aromatic carbocycles. The van der Waals surface area contributed by atoms with E-state index in [2.05, 4.69) is 27.9 Å². The first-order valence-corrected chi connectivity index (χ1v) is 7.51. The van der Waals surface area contributed by atoms with Crippen molar-refractivity contribution in [3.63, 3.8) is 0 Å². The molecule has 0 atom stereocenters. The maximum atomic E-state index is 11.9. The Morgan fingerprint density at radius 3 is 2.55 bits per heavy atom. The summed E-state index contributed by atoms with van der Waals surface area (Å²) in [6.45, 7) is 1.95. The second-order valence-electron chi connectivity index (χ2n) is 4.31. The van der Waals surface area contributed by atoms with Crippen molar-refractivity contribution in [2.45, 2.75) is 6.92 Å². The molecule has 20 heavy (non-hydrogen) atoms. The molecule has 2 aromatic rings. The normalized spacial score (nSPS) is 10.8. The Kier molecular flexibility index (Phi) is 5.20. The number of benzene rings is 2. The third-order valence-electron chi connectivity index (χ3n) is 2.79. The van der Waals surface area contributed by atoms with Crippen molar-refractivity contribution >= 4 is 45.7 Å². The van der Waals surface area contributed by atoms with Gasteiger partial charge in [-0.2, -0.15) is 0 Å². The molecule has 0 aromatic heterocycles. The molecule has 2 nitrogen and oxygen atoms in total. The number of allylic oxidation sites excluding steroid dienone is 1. The van der Waals surface area contributed by atoms with Crippen LogP contribution in [0.4, 0.5) is 5.69 Å². The maximum Gasteiger partial charge on any atom is 0.187 e. The quantitative estimate of drug-likeness (QED) is 0.444. The maximum absolute atomic E-state index is 11.9. The third kappa shape index (κ3) is 4.08. The van der Waals surface area contributed by atoms with E-state index in [0.717, 1.165) is 14.8 Å². The van der Waals surface area contributed by atoms with Gasteiger partial charge < -0.3 is 5.32 Å². The lowest BCUT2D eigenvalue weighted by atomic mass is 10.1. The molecular formula is C16H13ClINO. The molecule has 2 rings (SSSR count). The molecule has 0 saturated carbocycles. The summed E-state index contributed by atoms with van der Waals surface area (Å²) < 4.78 is 1.11. The summed E-state index contributed by atoms with van der Waals surface area (Å²) in [5.74, 6) is -0.0351. The number of halogens is 2. The number of anilines is 1. The highest BCUT2D eigenvalue weighted by Gasteiger charge is 2.01. The largest absolute Gasteiger partial charge is 0.362 e. The van der Waals surface area contributed by atoms with Crippen molar-refractivity contribution in [2.24, 2.45) is 0 Å². The van der Waals surface area contributed by atoms with E-state index in [0.29, 0.717) is 10.6 Å². The van der Waals surface area contributed by atoms with Crippen LogP contribution in [0.5, 0.6) is 0 Å². The molecule has 0 heterocycles. The van der Waals surface area contributed by atoms with E-state index in [9.17, 15) is 4.79 Å². The van der Waals surface area contributed by atoms with Crippen LogP contribution in [-0.4, -0.2) is 5.78 Å². The van der Waals surface area contributed by atoms with E-state index in [-0.39, 0.29) is 5.78 Å². The van der Waals surface area contributed by atoms with Gasteiger partial charge in [-0.1, -0.05) is 29.8 Å². The Hall–Kier alpha value is -1.33. The fraction of sp³-hybridized carbons (Fsp3) is 0.0625. The Morgan fingerprint density at radius 1 is 1.20 bits per heavy atom. The summed E-state index contributed by atoms with van der Waals surface area (Å²) in [6.07, 6.45) is 3.14. The minimum atomic E-state index is -0.0351. The molecule has 0 unspecified atom stereocenters. The van der Waals surface area contributed by atoms with Crippen LogP contribution >= 0.6 is 34.2 Å². The van der Waals surface area contributed by atoms with Crippen LogP contribution in [0.15, 0.2) is 54.7 Å². The predicted octanol–water partition coefficient (Wildman–Crippen LogP) is 5.06. The van der Waals surface area contributed by atoms with Gasteiger partial charge in [-0.05, 0) is 59.3 Å². The second kappa shape index (κ2) is 6.90. The number of hydrogen-bond donors (Lipinski definition) is 1. The fourth-order valence-corrected chi connectivity index (χ4v) is 2.15. The molecule has 0 spiro atoms. The average molecular weight is 398 g/mol. The molecule has 0 aliphatic heterocycles. The molecule has 0 saturated heterocycles. The van der Waals surface area contributed by atoms with E-state index in [1.54, 1.807) is 6.20 Å². The van der Waals surface area contributed by atoms with Crippen LogP contribution in [0.1, 0.15) is 15.9 Å². The molecule has 0 aliphatic carbocycles. The standard InChI is InChI=1S/C16H13ClINO/c1-11-2-7-14(10-15(11)17)19-9-8-16(20)12-3-5-13(18)6-4-12/h2-10,19H,1H3/b9-8-. The minimum absolute atomic E-state index is 0.0351. The first kappa shape index (κ1) is 15.1. The molecular weight excluding hydrogens is 385 g/mol. The van der Waals surface area contributed by atoms with Gasteiger partial charge in [0.2, 0.25) is 0 Å². The van der Waals surface area contributed by atoms with Crippen molar-refractivity contribution in [3.05, 3.63) is 74.5 Å². The van der Waals surface area contributed by atoms with Gasteiger partial charge in [0.1, 0.15) is 0 Å². The number of aryl methyl sites for hydroxylation is 1. The Morgan fingerprint density at radius 2 is 1.90 bits per heavy atom. The van der Waals surface area contributed by atoms with Crippen LogP contribution in [0.2, 0.25) is 5.02 Å². The van der Waals surface area contributed by atoms with E-state index >= 15 is 0 Å². The number of carbonyl (C=O) groups is 1. The van der Waals surface area contributed by atoms with Crippen molar-refractivity contribution in [1.29, 1.82) is 0 Å². The SMILES string of the molecule is Cc1ccc(N/C=C\C(=O)c2ccc(I)cc2)cc1Cl. The van der Waals surface area contributed by atoms with Crippen molar-refractivity contribution in [1.82, 2.24) is 0 Å². The zero-order valence-corrected chi connectivity index (χ0v) is 13.8.